The number of likely N-dealkylation sites (tertiary alicyclic amines) is 1. The molecule has 0 bridgehead atoms. The third-order valence-corrected chi connectivity index (χ3v) is 4.24. The Morgan fingerprint density at radius 1 is 1.35 bits per heavy atom. The summed E-state index contributed by atoms with van der Waals surface area (Å²) in [4.78, 5) is 29.4. The number of carbonyl (C=O) groups is 2. The number of amides is 2. The summed E-state index contributed by atoms with van der Waals surface area (Å²) in [6, 6.07) is 0.157. The standard InChI is InChI=1S/C16H29N3O4/c1-16(2,3)23-14(20)17(4)13-6-5-7-18(12-13)8-9-19-10-11-22-15(19)21/h13H,5-12H2,1-4H3/t13-/m1/s1. The molecule has 2 saturated heterocycles. The number of piperidine rings is 1. The Morgan fingerprint density at radius 2 is 2.09 bits per heavy atom. The van der Waals surface area contributed by atoms with Crippen LogP contribution < -0.4 is 0 Å². The number of nitrogens with zero attached hydrogens (tertiary/aromatic N) is 3. The SMILES string of the molecule is CN(C(=O)OC(C)(C)C)[C@@H]1CCCN(CCN2CCOC2=O)C1. The van der Waals surface area contributed by atoms with Crippen molar-refractivity contribution in [1.82, 2.24) is 14.7 Å². The second-order valence-electron chi connectivity index (χ2n) is 7.29. The molecule has 7 heteroatoms. The minimum absolute atomic E-state index is 0.157. The molecule has 0 saturated carbocycles. The van der Waals surface area contributed by atoms with E-state index < -0.39 is 5.60 Å². The number of hydrogen-bond acceptors (Lipinski definition) is 5. The molecule has 0 aliphatic carbocycles. The van der Waals surface area contributed by atoms with Gasteiger partial charge in [0, 0.05) is 32.7 Å². The van der Waals surface area contributed by atoms with Crippen LogP contribution in [0.3, 0.4) is 0 Å². The van der Waals surface area contributed by atoms with Crippen LogP contribution in [0.2, 0.25) is 0 Å². The average molecular weight is 327 g/mol. The van der Waals surface area contributed by atoms with Gasteiger partial charge in [-0.3, -0.25) is 4.90 Å². The molecule has 2 heterocycles. The topological polar surface area (TPSA) is 62.3 Å². The molecule has 0 aromatic rings. The van der Waals surface area contributed by atoms with Crippen LogP contribution in [0.15, 0.2) is 0 Å². The van der Waals surface area contributed by atoms with Crippen LogP contribution in [0, 0.1) is 0 Å². The smallest absolute Gasteiger partial charge is 0.410 e. The van der Waals surface area contributed by atoms with Gasteiger partial charge >= 0.3 is 12.2 Å². The van der Waals surface area contributed by atoms with Crippen molar-refractivity contribution in [3.63, 3.8) is 0 Å². The number of carbonyl (C=O) groups excluding carboxylic acids is 2. The van der Waals surface area contributed by atoms with E-state index >= 15 is 0 Å². The Labute approximate surface area is 138 Å². The molecular formula is C16H29N3O4. The highest BCUT2D eigenvalue weighted by atomic mass is 16.6. The largest absolute Gasteiger partial charge is 0.448 e. The fourth-order valence-corrected chi connectivity index (χ4v) is 2.92. The zero-order valence-corrected chi connectivity index (χ0v) is 14.7. The van der Waals surface area contributed by atoms with Crippen molar-refractivity contribution in [1.29, 1.82) is 0 Å². The fraction of sp³-hybridized carbons (Fsp3) is 0.875. The van der Waals surface area contributed by atoms with Crippen molar-refractivity contribution in [3.8, 4) is 0 Å². The molecule has 0 N–H and O–H groups in total. The second kappa shape index (κ2) is 7.38. The van der Waals surface area contributed by atoms with Crippen LogP contribution in [0.5, 0.6) is 0 Å². The van der Waals surface area contributed by atoms with Gasteiger partial charge in [0.1, 0.15) is 12.2 Å². The molecule has 2 rings (SSSR count). The monoisotopic (exact) mass is 327 g/mol. The summed E-state index contributed by atoms with van der Waals surface area (Å²) in [7, 11) is 1.81. The van der Waals surface area contributed by atoms with Crippen LogP contribution in [-0.4, -0.2) is 84.9 Å². The van der Waals surface area contributed by atoms with E-state index in [9.17, 15) is 9.59 Å². The lowest BCUT2D eigenvalue weighted by Gasteiger charge is -2.38. The Kier molecular flexibility index (Phi) is 5.73. The summed E-state index contributed by atoms with van der Waals surface area (Å²) in [6.07, 6.45) is 1.54. The maximum Gasteiger partial charge on any atom is 0.410 e. The normalized spacial score (nSPS) is 22.9. The van der Waals surface area contributed by atoms with E-state index in [-0.39, 0.29) is 18.2 Å². The van der Waals surface area contributed by atoms with Crippen LogP contribution in [0.25, 0.3) is 0 Å². The average Bonchev–Trinajstić information content (AvgIpc) is 2.88. The molecule has 132 valence electrons. The first-order chi connectivity index (χ1) is 10.8. The van der Waals surface area contributed by atoms with Gasteiger partial charge in [-0.25, -0.2) is 9.59 Å². The van der Waals surface area contributed by atoms with Crippen LogP contribution in [0.1, 0.15) is 33.6 Å². The molecule has 2 aliphatic rings. The molecule has 0 unspecified atom stereocenters. The molecule has 2 aliphatic heterocycles. The molecule has 2 amide bonds. The van der Waals surface area contributed by atoms with Gasteiger partial charge in [-0.05, 0) is 40.2 Å². The van der Waals surface area contributed by atoms with Crippen LogP contribution >= 0.6 is 0 Å². The van der Waals surface area contributed by atoms with Crippen molar-refractivity contribution in [3.05, 3.63) is 0 Å². The van der Waals surface area contributed by atoms with Crippen LogP contribution in [-0.2, 0) is 9.47 Å². The molecule has 0 spiro atoms. The van der Waals surface area contributed by atoms with E-state index in [1.807, 2.05) is 20.8 Å². The lowest BCUT2D eigenvalue weighted by Crippen LogP contribution is -2.51. The number of likely N-dealkylation sites (N-methyl/N-ethyl adjacent to an activating group) is 1. The molecular weight excluding hydrogens is 298 g/mol. The Hall–Kier alpha value is -1.50. The highest BCUT2D eigenvalue weighted by Gasteiger charge is 2.30. The summed E-state index contributed by atoms with van der Waals surface area (Å²) in [5, 5.41) is 0. The molecule has 23 heavy (non-hydrogen) atoms. The van der Waals surface area contributed by atoms with E-state index in [1.54, 1.807) is 16.8 Å². The van der Waals surface area contributed by atoms with E-state index in [0.29, 0.717) is 19.7 Å². The maximum absolute atomic E-state index is 12.2. The summed E-state index contributed by atoms with van der Waals surface area (Å²) in [6.45, 7) is 10.1. The summed E-state index contributed by atoms with van der Waals surface area (Å²) >= 11 is 0. The highest BCUT2D eigenvalue weighted by Crippen LogP contribution is 2.18. The minimum Gasteiger partial charge on any atom is -0.448 e. The maximum atomic E-state index is 12.2. The fourth-order valence-electron chi connectivity index (χ4n) is 2.92. The number of cyclic esters (lactones) is 1. The van der Waals surface area contributed by atoms with Crippen molar-refractivity contribution in [2.75, 3.05) is 46.4 Å². The molecule has 0 aromatic heterocycles. The summed E-state index contributed by atoms with van der Waals surface area (Å²) < 4.78 is 10.4. The molecule has 0 aromatic carbocycles. The van der Waals surface area contributed by atoms with Crippen molar-refractivity contribution in [2.24, 2.45) is 0 Å². The molecule has 1 atom stereocenters. The van der Waals surface area contributed by atoms with Gasteiger partial charge in [-0.15, -0.1) is 0 Å². The first-order valence-corrected chi connectivity index (χ1v) is 8.36. The van der Waals surface area contributed by atoms with Gasteiger partial charge in [0.05, 0.1) is 6.54 Å². The molecule has 7 nitrogen and oxygen atoms in total. The van der Waals surface area contributed by atoms with Gasteiger partial charge in [0.2, 0.25) is 0 Å². The quantitative estimate of drug-likeness (QED) is 0.787. The van der Waals surface area contributed by atoms with Gasteiger partial charge < -0.3 is 19.3 Å². The zero-order valence-electron chi connectivity index (χ0n) is 14.7. The van der Waals surface area contributed by atoms with Crippen molar-refractivity contribution < 1.29 is 19.1 Å². The minimum atomic E-state index is -0.476. The third-order valence-electron chi connectivity index (χ3n) is 4.24. The number of hydrogen-bond donors (Lipinski definition) is 0. The van der Waals surface area contributed by atoms with Gasteiger partial charge in [0.25, 0.3) is 0 Å². The number of rotatable bonds is 4. The van der Waals surface area contributed by atoms with Crippen LogP contribution in [0.4, 0.5) is 9.59 Å². The second-order valence-corrected chi connectivity index (χ2v) is 7.29. The molecule has 2 fully saturated rings. The highest BCUT2D eigenvalue weighted by molar-refractivity contribution is 5.69. The van der Waals surface area contributed by atoms with E-state index in [0.717, 1.165) is 32.5 Å². The first-order valence-electron chi connectivity index (χ1n) is 8.36. The predicted octanol–water partition coefficient (Wildman–Crippen LogP) is 1.77. The summed E-state index contributed by atoms with van der Waals surface area (Å²) in [5.41, 5.74) is -0.476. The lowest BCUT2D eigenvalue weighted by atomic mass is 10.0. The third kappa shape index (κ3) is 5.27. The van der Waals surface area contributed by atoms with E-state index in [2.05, 4.69) is 4.90 Å². The lowest BCUT2D eigenvalue weighted by molar-refractivity contribution is 0.0132. The van der Waals surface area contributed by atoms with Crippen molar-refractivity contribution in [2.45, 2.75) is 45.3 Å². The number of ether oxygens (including phenoxy) is 2. The van der Waals surface area contributed by atoms with Gasteiger partial charge in [-0.1, -0.05) is 0 Å². The Morgan fingerprint density at radius 3 is 2.70 bits per heavy atom. The van der Waals surface area contributed by atoms with E-state index in [1.165, 1.54) is 0 Å². The first kappa shape index (κ1) is 17.8. The summed E-state index contributed by atoms with van der Waals surface area (Å²) in [5.74, 6) is 0. The predicted molar refractivity (Wildman–Crippen MR) is 86.4 cm³/mol. The van der Waals surface area contributed by atoms with Gasteiger partial charge in [0.15, 0.2) is 0 Å². The van der Waals surface area contributed by atoms with Crippen molar-refractivity contribution >= 4 is 12.2 Å². The Bertz CT molecular complexity index is 436. The van der Waals surface area contributed by atoms with Gasteiger partial charge in [-0.2, -0.15) is 0 Å². The zero-order chi connectivity index (χ0) is 17.0. The Balaban J connectivity index is 1.80. The molecule has 0 radical (unpaired) electrons. The van der Waals surface area contributed by atoms with E-state index in [4.69, 9.17) is 9.47 Å².